The van der Waals surface area contributed by atoms with E-state index in [1.807, 2.05) is 24.3 Å². The Labute approximate surface area is 119 Å². The van der Waals surface area contributed by atoms with Crippen molar-refractivity contribution in [2.75, 3.05) is 13.1 Å². The van der Waals surface area contributed by atoms with E-state index >= 15 is 0 Å². The first-order chi connectivity index (χ1) is 9.08. The molecule has 0 radical (unpaired) electrons. The zero-order valence-electron chi connectivity index (χ0n) is 11.9. The number of nitrogens with zero attached hydrogens (tertiary/aromatic N) is 2. The molecule has 0 aliphatic carbocycles. The molecule has 1 aliphatic heterocycles. The van der Waals surface area contributed by atoms with Crippen LogP contribution in [0.2, 0.25) is 0 Å². The molecule has 1 amide bonds. The number of thiazole rings is 1. The third-order valence-corrected chi connectivity index (χ3v) is 4.37. The second-order valence-corrected chi connectivity index (χ2v) is 6.39. The van der Waals surface area contributed by atoms with Crippen LogP contribution in [-0.2, 0) is 11.3 Å². The lowest BCUT2D eigenvalue weighted by atomic mass is 9.93. The van der Waals surface area contributed by atoms with Gasteiger partial charge >= 0.3 is 0 Å². The van der Waals surface area contributed by atoms with E-state index in [9.17, 15) is 4.79 Å². The first kappa shape index (κ1) is 14.5. The van der Waals surface area contributed by atoms with Gasteiger partial charge in [-0.1, -0.05) is 20.8 Å². The van der Waals surface area contributed by atoms with Crippen molar-refractivity contribution in [1.82, 2.24) is 15.2 Å². The van der Waals surface area contributed by atoms with E-state index in [1.54, 1.807) is 11.3 Å². The number of nitrogens with one attached hydrogen (secondary N) is 1. The first-order valence-corrected chi connectivity index (χ1v) is 7.91. The second kappa shape index (κ2) is 6.48. The molecule has 1 saturated heterocycles. The van der Waals surface area contributed by atoms with E-state index in [-0.39, 0.29) is 11.8 Å². The van der Waals surface area contributed by atoms with E-state index in [2.05, 4.69) is 22.6 Å². The zero-order chi connectivity index (χ0) is 13.8. The van der Waals surface area contributed by atoms with Crippen LogP contribution in [0.4, 0.5) is 0 Å². The van der Waals surface area contributed by atoms with Gasteiger partial charge in [0.15, 0.2) is 0 Å². The number of likely N-dealkylation sites (tertiary alicyclic amines) is 1. The summed E-state index contributed by atoms with van der Waals surface area (Å²) in [5.41, 5.74) is 2.97. The lowest BCUT2D eigenvalue weighted by Gasteiger charge is -2.38. The molecule has 0 bridgehead atoms. The van der Waals surface area contributed by atoms with Gasteiger partial charge in [-0.15, -0.1) is 11.3 Å². The SMILES string of the molecule is CC(C)C(=O)N1CC[C@H](NCc2cscn2)[C@H](C)C1. The number of hydrogen-bond donors (Lipinski definition) is 1. The van der Waals surface area contributed by atoms with Crippen molar-refractivity contribution in [3.8, 4) is 0 Å². The molecule has 1 aromatic rings. The summed E-state index contributed by atoms with van der Waals surface area (Å²) in [7, 11) is 0. The molecule has 0 unspecified atom stereocenters. The van der Waals surface area contributed by atoms with Gasteiger partial charge in [0.25, 0.3) is 0 Å². The molecular formula is C14H23N3OS. The van der Waals surface area contributed by atoms with Crippen LogP contribution < -0.4 is 5.32 Å². The summed E-state index contributed by atoms with van der Waals surface area (Å²) in [5, 5.41) is 5.65. The van der Waals surface area contributed by atoms with Crippen LogP contribution in [0, 0.1) is 11.8 Å². The summed E-state index contributed by atoms with van der Waals surface area (Å²) in [6.45, 7) is 8.73. The highest BCUT2D eigenvalue weighted by Crippen LogP contribution is 2.19. The van der Waals surface area contributed by atoms with E-state index in [0.29, 0.717) is 12.0 Å². The molecule has 0 aromatic carbocycles. The normalized spacial score (nSPS) is 23.9. The van der Waals surface area contributed by atoms with E-state index in [1.165, 1.54) is 0 Å². The van der Waals surface area contributed by atoms with E-state index in [4.69, 9.17) is 0 Å². The number of carbonyl (C=O) groups excluding carboxylic acids is 1. The quantitative estimate of drug-likeness (QED) is 0.919. The molecular weight excluding hydrogens is 258 g/mol. The van der Waals surface area contributed by atoms with Crippen LogP contribution in [0.3, 0.4) is 0 Å². The van der Waals surface area contributed by atoms with Crippen molar-refractivity contribution in [2.45, 2.75) is 39.8 Å². The molecule has 19 heavy (non-hydrogen) atoms. The Balaban J connectivity index is 1.81. The molecule has 0 spiro atoms. The summed E-state index contributed by atoms with van der Waals surface area (Å²) in [6.07, 6.45) is 1.03. The zero-order valence-corrected chi connectivity index (χ0v) is 12.7. The van der Waals surface area contributed by atoms with Crippen LogP contribution in [0.5, 0.6) is 0 Å². The van der Waals surface area contributed by atoms with Gasteiger partial charge in [0.1, 0.15) is 0 Å². The highest BCUT2D eigenvalue weighted by Gasteiger charge is 2.29. The number of piperidine rings is 1. The summed E-state index contributed by atoms with van der Waals surface area (Å²) in [4.78, 5) is 18.3. The molecule has 1 N–H and O–H groups in total. The maximum absolute atomic E-state index is 12.0. The average molecular weight is 281 g/mol. The molecule has 2 heterocycles. The molecule has 1 aromatic heterocycles. The topological polar surface area (TPSA) is 45.2 Å². The third kappa shape index (κ3) is 3.76. The Kier molecular flexibility index (Phi) is 4.93. The fourth-order valence-electron chi connectivity index (χ4n) is 2.57. The van der Waals surface area contributed by atoms with Crippen molar-refractivity contribution < 1.29 is 4.79 Å². The summed E-state index contributed by atoms with van der Waals surface area (Å²) >= 11 is 1.63. The number of amides is 1. The lowest BCUT2D eigenvalue weighted by Crippen LogP contribution is -2.50. The van der Waals surface area contributed by atoms with Gasteiger partial charge in [-0.2, -0.15) is 0 Å². The molecule has 2 rings (SSSR count). The Morgan fingerprint density at radius 2 is 2.42 bits per heavy atom. The fourth-order valence-corrected chi connectivity index (χ4v) is 3.13. The minimum absolute atomic E-state index is 0.103. The van der Waals surface area contributed by atoms with Gasteiger partial charge < -0.3 is 10.2 Å². The van der Waals surface area contributed by atoms with Gasteiger partial charge in [-0.05, 0) is 12.3 Å². The van der Waals surface area contributed by atoms with Crippen LogP contribution in [-0.4, -0.2) is 34.9 Å². The summed E-state index contributed by atoms with van der Waals surface area (Å²) in [5.74, 6) is 0.881. The van der Waals surface area contributed by atoms with Crippen molar-refractivity contribution in [2.24, 2.45) is 11.8 Å². The van der Waals surface area contributed by atoms with Crippen LogP contribution in [0.1, 0.15) is 32.9 Å². The maximum Gasteiger partial charge on any atom is 0.225 e. The number of carbonyl (C=O) groups is 1. The predicted molar refractivity (Wildman–Crippen MR) is 77.9 cm³/mol. The molecule has 4 nitrogen and oxygen atoms in total. The Morgan fingerprint density at radius 3 is 3.00 bits per heavy atom. The lowest BCUT2D eigenvalue weighted by molar-refractivity contribution is -0.136. The van der Waals surface area contributed by atoms with Gasteiger partial charge in [0.05, 0.1) is 11.2 Å². The van der Waals surface area contributed by atoms with E-state index < -0.39 is 0 Å². The number of hydrogen-bond acceptors (Lipinski definition) is 4. The predicted octanol–water partition coefficient (Wildman–Crippen LogP) is 2.13. The summed E-state index contributed by atoms with van der Waals surface area (Å²) in [6, 6.07) is 0.484. The second-order valence-electron chi connectivity index (χ2n) is 5.67. The average Bonchev–Trinajstić information content (AvgIpc) is 2.89. The Morgan fingerprint density at radius 1 is 1.63 bits per heavy atom. The first-order valence-electron chi connectivity index (χ1n) is 6.97. The van der Waals surface area contributed by atoms with Crippen molar-refractivity contribution in [3.63, 3.8) is 0 Å². The van der Waals surface area contributed by atoms with Crippen LogP contribution in [0.25, 0.3) is 0 Å². The Hall–Kier alpha value is -0.940. The van der Waals surface area contributed by atoms with Gasteiger partial charge in [-0.3, -0.25) is 4.79 Å². The third-order valence-electron chi connectivity index (χ3n) is 3.74. The minimum atomic E-state index is 0.103. The van der Waals surface area contributed by atoms with Gasteiger partial charge in [0, 0.05) is 37.0 Å². The molecule has 106 valence electrons. The van der Waals surface area contributed by atoms with Crippen molar-refractivity contribution in [3.05, 3.63) is 16.6 Å². The maximum atomic E-state index is 12.0. The van der Waals surface area contributed by atoms with Gasteiger partial charge in [-0.25, -0.2) is 4.98 Å². The highest BCUT2D eigenvalue weighted by atomic mass is 32.1. The van der Waals surface area contributed by atoms with E-state index in [0.717, 1.165) is 31.7 Å². The smallest absolute Gasteiger partial charge is 0.225 e. The monoisotopic (exact) mass is 281 g/mol. The summed E-state index contributed by atoms with van der Waals surface area (Å²) < 4.78 is 0. The van der Waals surface area contributed by atoms with Gasteiger partial charge in [0.2, 0.25) is 5.91 Å². The highest BCUT2D eigenvalue weighted by molar-refractivity contribution is 7.07. The fraction of sp³-hybridized carbons (Fsp3) is 0.714. The molecule has 2 atom stereocenters. The standard InChI is InChI=1S/C14H23N3OS/c1-10(2)14(18)17-5-4-13(11(3)7-17)15-6-12-8-19-9-16-12/h8-11,13,15H,4-7H2,1-3H3/t11-,13+/m1/s1. The van der Waals surface area contributed by atoms with Crippen LogP contribution in [0.15, 0.2) is 10.9 Å². The van der Waals surface area contributed by atoms with Crippen molar-refractivity contribution >= 4 is 17.2 Å². The largest absolute Gasteiger partial charge is 0.342 e. The van der Waals surface area contributed by atoms with Crippen LogP contribution >= 0.6 is 11.3 Å². The molecule has 0 saturated carbocycles. The number of aromatic nitrogens is 1. The van der Waals surface area contributed by atoms with Crippen molar-refractivity contribution in [1.29, 1.82) is 0 Å². The number of rotatable bonds is 4. The Bertz CT molecular complexity index is 405. The minimum Gasteiger partial charge on any atom is -0.342 e. The molecule has 1 fully saturated rings. The molecule has 1 aliphatic rings. The molecule has 5 heteroatoms.